The highest BCUT2D eigenvalue weighted by Crippen LogP contribution is 2.27. The first-order chi connectivity index (χ1) is 11.0. The molecule has 0 atom stereocenters. The van der Waals surface area contributed by atoms with E-state index >= 15 is 0 Å². The molecule has 0 saturated carbocycles. The minimum atomic E-state index is -0.330. The summed E-state index contributed by atoms with van der Waals surface area (Å²) in [5, 5.41) is 5.38. The summed E-state index contributed by atoms with van der Waals surface area (Å²) in [6.45, 7) is 4.87. The van der Waals surface area contributed by atoms with Crippen molar-refractivity contribution in [3.63, 3.8) is 0 Å². The molecule has 2 N–H and O–H groups in total. The largest absolute Gasteiger partial charge is 0.493 e. The van der Waals surface area contributed by atoms with Crippen molar-refractivity contribution in [2.75, 3.05) is 27.3 Å². The first-order valence-electron chi connectivity index (χ1n) is 7.74. The molecule has 23 heavy (non-hydrogen) atoms. The second kappa shape index (κ2) is 9.71. The summed E-state index contributed by atoms with van der Waals surface area (Å²) in [5.41, 5.74) is 0.412. The molecule has 128 valence electrons. The third-order valence-electron chi connectivity index (χ3n) is 3.34. The number of amides is 2. The number of rotatable bonds is 9. The van der Waals surface area contributed by atoms with E-state index in [0.717, 1.165) is 12.8 Å². The maximum atomic E-state index is 12.0. The van der Waals surface area contributed by atoms with Gasteiger partial charge in [-0.3, -0.25) is 9.59 Å². The molecule has 0 bridgehead atoms. The molecule has 0 fully saturated rings. The smallest absolute Gasteiger partial charge is 0.251 e. The summed E-state index contributed by atoms with van der Waals surface area (Å²) in [6.07, 6.45) is 2.01. The molecular weight excluding hydrogens is 296 g/mol. The van der Waals surface area contributed by atoms with Gasteiger partial charge in [0.25, 0.3) is 5.91 Å². The number of hydrogen-bond donors (Lipinski definition) is 2. The standard InChI is InChI=1S/C17H26N2O4/c1-12(2)6-5-9-18-16(20)11-19-17(21)13-7-8-14(22-3)15(10-13)23-4/h7-8,10,12H,5-6,9,11H2,1-4H3,(H,18,20)(H,19,21). The summed E-state index contributed by atoms with van der Waals surface area (Å²) in [4.78, 5) is 23.7. The van der Waals surface area contributed by atoms with Crippen LogP contribution < -0.4 is 20.1 Å². The van der Waals surface area contributed by atoms with Gasteiger partial charge in [-0.2, -0.15) is 0 Å². The van der Waals surface area contributed by atoms with E-state index in [9.17, 15) is 9.59 Å². The van der Waals surface area contributed by atoms with Gasteiger partial charge in [-0.05, 0) is 37.0 Å². The van der Waals surface area contributed by atoms with Crippen LogP contribution in [0.15, 0.2) is 18.2 Å². The zero-order valence-electron chi connectivity index (χ0n) is 14.3. The van der Waals surface area contributed by atoms with Crippen molar-refractivity contribution in [3.05, 3.63) is 23.8 Å². The van der Waals surface area contributed by atoms with Gasteiger partial charge in [-0.15, -0.1) is 0 Å². The van der Waals surface area contributed by atoms with Crippen LogP contribution in [0.25, 0.3) is 0 Å². The van der Waals surface area contributed by atoms with Crippen molar-refractivity contribution in [1.29, 1.82) is 0 Å². The van der Waals surface area contributed by atoms with E-state index in [1.54, 1.807) is 18.2 Å². The van der Waals surface area contributed by atoms with E-state index in [1.165, 1.54) is 14.2 Å². The molecule has 0 unspecified atom stereocenters. The molecule has 6 heteroatoms. The summed E-state index contributed by atoms with van der Waals surface area (Å²) in [5.74, 6) is 1.12. The Balaban J connectivity index is 2.43. The predicted molar refractivity (Wildman–Crippen MR) is 89.0 cm³/mol. The quantitative estimate of drug-likeness (QED) is 0.682. The molecule has 6 nitrogen and oxygen atoms in total. The number of ether oxygens (including phenoxy) is 2. The third kappa shape index (κ3) is 6.59. The van der Waals surface area contributed by atoms with Gasteiger partial charge >= 0.3 is 0 Å². The molecule has 1 rings (SSSR count). The van der Waals surface area contributed by atoms with E-state index in [2.05, 4.69) is 24.5 Å². The molecule has 0 aliphatic carbocycles. The van der Waals surface area contributed by atoms with Crippen molar-refractivity contribution < 1.29 is 19.1 Å². The topological polar surface area (TPSA) is 76.7 Å². The Morgan fingerprint density at radius 1 is 1.09 bits per heavy atom. The maximum Gasteiger partial charge on any atom is 0.251 e. The van der Waals surface area contributed by atoms with Gasteiger partial charge in [0.1, 0.15) is 0 Å². The van der Waals surface area contributed by atoms with Crippen molar-refractivity contribution in [2.45, 2.75) is 26.7 Å². The van der Waals surface area contributed by atoms with E-state index in [-0.39, 0.29) is 18.4 Å². The number of carbonyl (C=O) groups is 2. The first-order valence-corrected chi connectivity index (χ1v) is 7.74. The van der Waals surface area contributed by atoms with Crippen LogP contribution in [0.2, 0.25) is 0 Å². The van der Waals surface area contributed by atoms with E-state index < -0.39 is 0 Å². The fourth-order valence-corrected chi connectivity index (χ4v) is 2.04. The Kier molecular flexibility index (Phi) is 7.94. The molecule has 0 aliphatic heterocycles. The molecule has 0 saturated heterocycles. The van der Waals surface area contributed by atoms with Crippen LogP contribution in [0.3, 0.4) is 0 Å². The lowest BCUT2D eigenvalue weighted by Crippen LogP contribution is -2.37. The fraction of sp³-hybridized carbons (Fsp3) is 0.529. The number of methoxy groups -OCH3 is 2. The van der Waals surface area contributed by atoms with Crippen LogP contribution in [0, 0.1) is 5.92 Å². The Bertz CT molecular complexity index is 529. The molecule has 0 heterocycles. The van der Waals surface area contributed by atoms with Gasteiger partial charge in [-0.25, -0.2) is 0 Å². The Morgan fingerprint density at radius 2 is 1.78 bits per heavy atom. The second-order valence-electron chi connectivity index (χ2n) is 5.64. The molecule has 2 amide bonds. The van der Waals surface area contributed by atoms with Gasteiger partial charge in [0.05, 0.1) is 20.8 Å². The van der Waals surface area contributed by atoms with Crippen LogP contribution in [-0.2, 0) is 4.79 Å². The lowest BCUT2D eigenvalue weighted by atomic mass is 10.1. The van der Waals surface area contributed by atoms with Gasteiger partial charge in [-0.1, -0.05) is 13.8 Å². The van der Waals surface area contributed by atoms with Gasteiger partial charge < -0.3 is 20.1 Å². The third-order valence-corrected chi connectivity index (χ3v) is 3.34. The Hall–Kier alpha value is -2.24. The monoisotopic (exact) mass is 322 g/mol. The average molecular weight is 322 g/mol. The molecule has 0 aromatic heterocycles. The summed E-state index contributed by atoms with van der Waals surface area (Å²) < 4.78 is 10.3. The predicted octanol–water partition coefficient (Wildman–Crippen LogP) is 1.99. The summed E-state index contributed by atoms with van der Waals surface area (Å²) in [6, 6.07) is 4.85. The first kappa shape index (κ1) is 18.8. The van der Waals surface area contributed by atoms with E-state index in [0.29, 0.717) is 29.5 Å². The Morgan fingerprint density at radius 3 is 2.39 bits per heavy atom. The minimum Gasteiger partial charge on any atom is -0.493 e. The van der Waals surface area contributed by atoms with Crippen LogP contribution in [0.1, 0.15) is 37.0 Å². The lowest BCUT2D eigenvalue weighted by Gasteiger charge is -2.10. The summed E-state index contributed by atoms with van der Waals surface area (Å²) in [7, 11) is 3.03. The number of hydrogen-bond acceptors (Lipinski definition) is 4. The number of carbonyl (C=O) groups excluding carboxylic acids is 2. The van der Waals surface area contributed by atoms with E-state index in [4.69, 9.17) is 9.47 Å². The molecule has 1 aromatic rings. The highest BCUT2D eigenvalue weighted by Gasteiger charge is 2.11. The SMILES string of the molecule is COc1ccc(C(=O)NCC(=O)NCCCC(C)C)cc1OC. The van der Waals surface area contributed by atoms with Crippen LogP contribution in [0.4, 0.5) is 0 Å². The zero-order chi connectivity index (χ0) is 17.2. The average Bonchev–Trinajstić information content (AvgIpc) is 2.55. The highest BCUT2D eigenvalue weighted by molar-refractivity contribution is 5.97. The molecule has 0 aliphatic rings. The molecule has 0 spiro atoms. The van der Waals surface area contributed by atoms with Crippen LogP contribution >= 0.6 is 0 Å². The second-order valence-corrected chi connectivity index (χ2v) is 5.64. The molecule has 1 aromatic carbocycles. The maximum absolute atomic E-state index is 12.0. The minimum absolute atomic E-state index is 0.0468. The van der Waals surface area contributed by atoms with Crippen molar-refractivity contribution in [3.8, 4) is 11.5 Å². The van der Waals surface area contributed by atoms with Crippen LogP contribution in [0.5, 0.6) is 11.5 Å². The fourth-order valence-electron chi connectivity index (χ4n) is 2.04. The lowest BCUT2D eigenvalue weighted by molar-refractivity contribution is -0.120. The van der Waals surface area contributed by atoms with Crippen molar-refractivity contribution in [2.24, 2.45) is 5.92 Å². The Labute approximate surface area is 137 Å². The zero-order valence-corrected chi connectivity index (χ0v) is 14.3. The number of nitrogens with one attached hydrogen (secondary N) is 2. The van der Waals surface area contributed by atoms with Crippen LogP contribution in [-0.4, -0.2) is 39.1 Å². The van der Waals surface area contributed by atoms with Crippen molar-refractivity contribution >= 4 is 11.8 Å². The normalized spacial score (nSPS) is 10.3. The number of benzene rings is 1. The summed E-state index contributed by atoms with van der Waals surface area (Å²) >= 11 is 0. The van der Waals surface area contributed by atoms with Gasteiger partial charge in [0.15, 0.2) is 11.5 Å². The molecule has 0 radical (unpaired) electrons. The van der Waals surface area contributed by atoms with Gasteiger partial charge in [0.2, 0.25) is 5.91 Å². The molecular formula is C17H26N2O4. The van der Waals surface area contributed by atoms with E-state index in [1.807, 2.05) is 0 Å². The van der Waals surface area contributed by atoms with Crippen molar-refractivity contribution in [1.82, 2.24) is 10.6 Å². The van der Waals surface area contributed by atoms with Gasteiger partial charge in [0, 0.05) is 12.1 Å². The highest BCUT2D eigenvalue weighted by atomic mass is 16.5.